The van der Waals surface area contributed by atoms with Gasteiger partial charge in [0.25, 0.3) is 5.56 Å². The maximum absolute atomic E-state index is 12.5. The number of para-hydroxylation sites is 1. The predicted octanol–water partition coefficient (Wildman–Crippen LogP) is 3.24. The van der Waals surface area contributed by atoms with E-state index in [1.165, 1.54) is 29.7 Å². The van der Waals surface area contributed by atoms with Crippen LogP contribution in [-0.4, -0.2) is 34.7 Å². The van der Waals surface area contributed by atoms with Gasteiger partial charge in [0.1, 0.15) is 12.4 Å². The van der Waals surface area contributed by atoms with Crippen molar-refractivity contribution in [2.24, 2.45) is 0 Å². The second kappa shape index (κ2) is 10.0. The van der Waals surface area contributed by atoms with E-state index in [2.05, 4.69) is 5.10 Å². The lowest BCUT2D eigenvalue weighted by Gasteiger charge is -2.16. The van der Waals surface area contributed by atoms with Crippen molar-refractivity contribution < 1.29 is 19.1 Å². The van der Waals surface area contributed by atoms with Crippen molar-refractivity contribution in [3.8, 4) is 5.75 Å². The van der Waals surface area contributed by atoms with Crippen molar-refractivity contribution in [1.82, 2.24) is 9.78 Å². The number of Topliss-reactive ketones (excluding diaryl/α,β-unsaturated/α-hetero) is 1. The summed E-state index contributed by atoms with van der Waals surface area (Å²) in [5.74, 6) is -0.345. The van der Waals surface area contributed by atoms with Gasteiger partial charge < -0.3 is 9.47 Å². The van der Waals surface area contributed by atoms with E-state index in [0.29, 0.717) is 11.3 Å². The summed E-state index contributed by atoms with van der Waals surface area (Å²) in [6.07, 6.45) is 4.30. The number of ether oxygens (including phenoxy) is 2. The molecule has 0 radical (unpaired) electrons. The third kappa shape index (κ3) is 5.29. The van der Waals surface area contributed by atoms with Gasteiger partial charge in [-0.15, -0.1) is 0 Å². The predicted molar refractivity (Wildman–Crippen MR) is 118 cm³/mol. The number of nitrogens with zero attached hydrogens (tertiary/aromatic N) is 2. The first kappa shape index (κ1) is 21.5. The van der Waals surface area contributed by atoms with Gasteiger partial charge in [0.15, 0.2) is 18.1 Å². The first-order valence-corrected chi connectivity index (χ1v) is 10.7. The summed E-state index contributed by atoms with van der Waals surface area (Å²) in [5.41, 5.74) is 2.62. The molecule has 3 aromatic rings. The van der Waals surface area contributed by atoms with E-state index in [4.69, 9.17) is 9.47 Å². The molecule has 0 atom stereocenters. The third-order valence-electron chi connectivity index (χ3n) is 5.40. The molecule has 1 aromatic heterocycles. The Morgan fingerprint density at radius 2 is 1.72 bits per heavy atom. The molecule has 1 aliphatic rings. The van der Waals surface area contributed by atoms with Crippen molar-refractivity contribution in [3.05, 3.63) is 93.4 Å². The van der Waals surface area contributed by atoms with Crippen LogP contribution in [-0.2, 0) is 24.1 Å². The molecule has 1 heterocycles. The second-order valence-corrected chi connectivity index (χ2v) is 7.63. The molecule has 0 amide bonds. The number of rotatable bonds is 8. The van der Waals surface area contributed by atoms with Gasteiger partial charge >= 0.3 is 5.97 Å². The average Bonchev–Trinajstić information content (AvgIpc) is 2.83. The van der Waals surface area contributed by atoms with Crippen LogP contribution in [0.4, 0.5) is 0 Å². The Kier molecular flexibility index (Phi) is 6.75. The van der Waals surface area contributed by atoms with Crippen molar-refractivity contribution in [2.75, 3.05) is 13.2 Å². The van der Waals surface area contributed by atoms with Crippen LogP contribution in [0.5, 0.6) is 5.75 Å². The number of hydrogen-bond acceptors (Lipinski definition) is 6. The molecule has 0 saturated carbocycles. The van der Waals surface area contributed by atoms with Gasteiger partial charge in [0.05, 0.1) is 6.54 Å². The fourth-order valence-corrected chi connectivity index (χ4v) is 3.68. The van der Waals surface area contributed by atoms with Gasteiger partial charge in [-0.3, -0.25) is 9.59 Å². The molecule has 2 aromatic carbocycles. The smallest absolute Gasteiger partial charge is 0.359 e. The Balaban J connectivity index is 1.34. The summed E-state index contributed by atoms with van der Waals surface area (Å²) in [7, 11) is 0. The molecule has 0 unspecified atom stereocenters. The molecule has 0 saturated heterocycles. The summed E-state index contributed by atoms with van der Waals surface area (Å²) in [4.78, 5) is 36.9. The summed E-state index contributed by atoms with van der Waals surface area (Å²) in [6.45, 7) is 0.00465. The van der Waals surface area contributed by atoms with Crippen molar-refractivity contribution in [2.45, 2.75) is 32.2 Å². The first-order valence-electron chi connectivity index (χ1n) is 10.7. The minimum Gasteiger partial charge on any atom is -0.492 e. The number of benzene rings is 2. The highest BCUT2D eigenvalue weighted by Crippen LogP contribution is 2.22. The Labute approximate surface area is 185 Å². The molecule has 0 fully saturated rings. The quantitative estimate of drug-likeness (QED) is 0.401. The standard InChI is InChI=1S/C25H24N2O5/c28-23(20-11-10-18-6-4-5-7-19(18)16-20)17-32-25(30)22-12-13-24(29)27(26-22)14-15-31-21-8-2-1-3-9-21/h1-3,8-13,16H,4-7,14-15,17H2. The number of carbonyl (C=O) groups is 2. The van der Waals surface area contributed by atoms with E-state index in [9.17, 15) is 14.4 Å². The lowest BCUT2D eigenvalue weighted by molar-refractivity contribution is 0.0466. The molecule has 1 aliphatic carbocycles. The van der Waals surface area contributed by atoms with Crippen molar-refractivity contribution in [3.63, 3.8) is 0 Å². The van der Waals surface area contributed by atoms with Crippen LogP contribution in [0.25, 0.3) is 0 Å². The van der Waals surface area contributed by atoms with E-state index < -0.39 is 5.97 Å². The number of fused-ring (bicyclic) bond motifs is 1. The van der Waals surface area contributed by atoms with Gasteiger partial charge in [-0.05, 0) is 61.1 Å². The first-order chi connectivity index (χ1) is 15.6. The molecule has 0 spiro atoms. The monoisotopic (exact) mass is 432 g/mol. The zero-order chi connectivity index (χ0) is 22.3. The van der Waals surface area contributed by atoms with Crippen LogP contribution in [0.3, 0.4) is 0 Å². The van der Waals surface area contributed by atoms with Crippen LogP contribution in [0.1, 0.15) is 44.8 Å². The lowest BCUT2D eigenvalue weighted by Crippen LogP contribution is -2.27. The third-order valence-corrected chi connectivity index (χ3v) is 5.40. The van der Waals surface area contributed by atoms with Crippen LogP contribution < -0.4 is 10.3 Å². The molecule has 0 aliphatic heterocycles. The normalized spacial score (nSPS) is 12.6. The summed E-state index contributed by atoms with van der Waals surface area (Å²) in [5, 5.41) is 4.05. The zero-order valence-corrected chi connectivity index (χ0v) is 17.7. The zero-order valence-electron chi connectivity index (χ0n) is 17.7. The molecule has 7 heteroatoms. The molecule has 32 heavy (non-hydrogen) atoms. The highest BCUT2D eigenvalue weighted by molar-refractivity contribution is 5.99. The average molecular weight is 432 g/mol. The second-order valence-electron chi connectivity index (χ2n) is 7.63. The molecule has 4 rings (SSSR count). The lowest BCUT2D eigenvalue weighted by atomic mass is 9.90. The van der Waals surface area contributed by atoms with E-state index in [1.807, 2.05) is 42.5 Å². The fraction of sp³-hybridized carbons (Fsp3) is 0.280. The van der Waals surface area contributed by atoms with Gasteiger partial charge in [-0.25, -0.2) is 9.48 Å². The topological polar surface area (TPSA) is 87.5 Å². The number of carbonyl (C=O) groups excluding carboxylic acids is 2. The number of esters is 1. The van der Waals surface area contributed by atoms with E-state index in [-0.39, 0.29) is 36.8 Å². The van der Waals surface area contributed by atoms with E-state index in [0.717, 1.165) is 23.9 Å². The highest BCUT2D eigenvalue weighted by atomic mass is 16.5. The maximum Gasteiger partial charge on any atom is 0.359 e. The Hall–Kier alpha value is -3.74. The van der Waals surface area contributed by atoms with Gasteiger partial charge in [-0.2, -0.15) is 5.10 Å². The van der Waals surface area contributed by atoms with Crippen LogP contribution in [0, 0.1) is 0 Å². The van der Waals surface area contributed by atoms with Crippen LogP contribution in [0.2, 0.25) is 0 Å². The van der Waals surface area contributed by atoms with Crippen LogP contribution >= 0.6 is 0 Å². The minimum atomic E-state index is -0.756. The van der Waals surface area contributed by atoms with Crippen LogP contribution in [0.15, 0.2) is 65.5 Å². The van der Waals surface area contributed by atoms with Gasteiger partial charge in [-0.1, -0.05) is 30.3 Å². The number of aryl methyl sites for hydroxylation is 2. The number of ketones is 1. The molecule has 164 valence electrons. The Morgan fingerprint density at radius 1 is 0.938 bits per heavy atom. The maximum atomic E-state index is 12.5. The minimum absolute atomic E-state index is 0.0393. The number of hydrogen-bond donors (Lipinski definition) is 0. The van der Waals surface area contributed by atoms with Gasteiger partial charge in [0.2, 0.25) is 0 Å². The fourth-order valence-electron chi connectivity index (χ4n) is 3.68. The Morgan fingerprint density at radius 3 is 2.53 bits per heavy atom. The molecule has 0 N–H and O–H groups in total. The SMILES string of the molecule is O=C(COC(=O)c1ccc(=O)n(CCOc2ccccc2)n1)c1ccc2c(c1)CCCC2. The summed E-state index contributed by atoms with van der Waals surface area (Å²) < 4.78 is 11.9. The van der Waals surface area contributed by atoms with E-state index in [1.54, 1.807) is 6.07 Å². The largest absolute Gasteiger partial charge is 0.492 e. The molecule has 0 bridgehead atoms. The highest BCUT2D eigenvalue weighted by Gasteiger charge is 2.16. The Bertz CT molecular complexity index is 1170. The van der Waals surface area contributed by atoms with Gasteiger partial charge in [0, 0.05) is 11.6 Å². The molecular weight excluding hydrogens is 408 g/mol. The van der Waals surface area contributed by atoms with E-state index >= 15 is 0 Å². The summed E-state index contributed by atoms with van der Waals surface area (Å²) in [6, 6.07) is 17.4. The van der Waals surface area contributed by atoms with Crippen molar-refractivity contribution >= 4 is 11.8 Å². The summed E-state index contributed by atoms with van der Waals surface area (Å²) >= 11 is 0. The van der Waals surface area contributed by atoms with Crippen molar-refractivity contribution in [1.29, 1.82) is 0 Å². The molecular formula is C25H24N2O5. The molecule has 7 nitrogen and oxygen atoms in total. The number of aromatic nitrogens is 2.